The molecule has 5 nitrogen and oxygen atoms in total. The third kappa shape index (κ3) is 4.28. The Morgan fingerprint density at radius 3 is 2.45 bits per heavy atom. The Balaban J connectivity index is 1.32. The molecule has 1 aromatic heterocycles. The van der Waals surface area contributed by atoms with Gasteiger partial charge in [0.15, 0.2) is 0 Å². The molecule has 2 heterocycles. The van der Waals surface area contributed by atoms with Gasteiger partial charge in [0.1, 0.15) is 11.6 Å². The fourth-order valence-electron chi connectivity index (χ4n) is 7.06. The van der Waals surface area contributed by atoms with Gasteiger partial charge in [-0.25, -0.2) is 4.79 Å². The van der Waals surface area contributed by atoms with Gasteiger partial charge in [-0.2, -0.15) is 5.26 Å². The number of nitriles is 1. The van der Waals surface area contributed by atoms with Gasteiger partial charge in [0, 0.05) is 57.1 Å². The number of carboxylic acid groups (broad SMARTS) is 1. The fourth-order valence-corrected chi connectivity index (χ4v) is 7.72. The highest BCUT2D eigenvalue weighted by Crippen LogP contribution is 2.53. The minimum absolute atomic E-state index is 0.246. The number of benzene rings is 4. The molecule has 42 heavy (non-hydrogen) atoms. The van der Waals surface area contributed by atoms with Gasteiger partial charge in [-0.1, -0.05) is 37.6 Å². The molecular formula is C36H31N3O2S. The zero-order valence-corrected chi connectivity index (χ0v) is 24.5. The second-order valence-corrected chi connectivity index (χ2v) is 12.6. The summed E-state index contributed by atoms with van der Waals surface area (Å²) in [5.74, 6) is 0.266. The topological polar surface area (TPSA) is 69.3 Å². The number of rotatable bonds is 6. The summed E-state index contributed by atoms with van der Waals surface area (Å²) in [6, 6.07) is 30.8. The molecule has 1 saturated carbocycles. The number of nitrogens with zero attached hydrogens (tertiary/aromatic N) is 3. The van der Waals surface area contributed by atoms with Gasteiger partial charge >= 0.3 is 5.97 Å². The maximum Gasteiger partial charge on any atom is 0.346 e. The molecule has 2 aliphatic rings. The number of hydrogen-bond acceptors (Lipinski definition) is 4. The van der Waals surface area contributed by atoms with Crippen molar-refractivity contribution in [2.24, 2.45) is 7.05 Å². The molecule has 4 aromatic carbocycles. The Morgan fingerprint density at radius 2 is 1.71 bits per heavy atom. The largest absolute Gasteiger partial charge is 0.477 e. The van der Waals surface area contributed by atoms with Crippen LogP contribution in [0.15, 0.2) is 89.3 Å². The lowest BCUT2D eigenvalue weighted by Gasteiger charge is -2.27. The second-order valence-electron chi connectivity index (χ2n) is 11.2. The number of carboxylic acids is 1. The number of fused-ring (bicyclic) bond motifs is 6. The van der Waals surface area contributed by atoms with E-state index in [0.717, 1.165) is 24.2 Å². The van der Waals surface area contributed by atoms with Crippen LogP contribution in [0.25, 0.3) is 39.0 Å². The van der Waals surface area contributed by atoms with Crippen LogP contribution in [0.3, 0.4) is 0 Å². The first-order chi connectivity index (χ1) is 20.5. The van der Waals surface area contributed by atoms with Gasteiger partial charge in [0.25, 0.3) is 0 Å². The smallest absolute Gasteiger partial charge is 0.346 e. The molecule has 0 saturated heterocycles. The number of carbonyl (C=O) groups is 1. The maximum absolute atomic E-state index is 11.4. The first-order valence-corrected chi connectivity index (χ1v) is 15.5. The van der Waals surface area contributed by atoms with Crippen LogP contribution in [0.2, 0.25) is 0 Å². The minimum atomic E-state index is -1.20. The lowest BCUT2D eigenvalue weighted by Crippen LogP contribution is -2.26. The predicted octanol–water partition coefficient (Wildman–Crippen LogP) is 8.89. The van der Waals surface area contributed by atoms with Crippen molar-refractivity contribution in [1.29, 1.82) is 5.26 Å². The molecule has 0 amide bonds. The third-order valence-electron chi connectivity index (χ3n) is 8.95. The number of aliphatic carboxylic acids is 1. The minimum Gasteiger partial charge on any atom is -0.477 e. The summed E-state index contributed by atoms with van der Waals surface area (Å²) in [6.45, 7) is 2.18. The van der Waals surface area contributed by atoms with Gasteiger partial charge in [0.2, 0.25) is 0 Å². The molecule has 7 rings (SSSR count). The lowest BCUT2D eigenvalue weighted by molar-refractivity contribution is -0.132. The van der Waals surface area contributed by atoms with Crippen molar-refractivity contribution in [1.82, 2.24) is 4.57 Å². The van der Waals surface area contributed by atoms with Crippen LogP contribution in [0.1, 0.15) is 43.2 Å². The Morgan fingerprint density at radius 1 is 0.976 bits per heavy atom. The average Bonchev–Trinajstić information content (AvgIpc) is 3.68. The summed E-state index contributed by atoms with van der Waals surface area (Å²) < 4.78 is 2.28. The number of aryl methyl sites for hydroxylation is 1. The summed E-state index contributed by atoms with van der Waals surface area (Å²) in [6.07, 6.45) is 4.87. The predicted molar refractivity (Wildman–Crippen MR) is 172 cm³/mol. The highest BCUT2D eigenvalue weighted by molar-refractivity contribution is 7.99. The summed E-state index contributed by atoms with van der Waals surface area (Å²) in [5.41, 5.74) is 9.00. The Bertz CT molecular complexity index is 1950. The second kappa shape index (κ2) is 10.4. The quantitative estimate of drug-likeness (QED) is 0.126. The number of anilines is 2. The number of aromatic nitrogens is 1. The van der Waals surface area contributed by atoms with Crippen molar-refractivity contribution in [2.45, 2.75) is 43.0 Å². The monoisotopic (exact) mass is 569 g/mol. The lowest BCUT2D eigenvalue weighted by atomic mass is 9.95. The van der Waals surface area contributed by atoms with Gasteiger partial charge in [0.05, 0.1) is 0 Å². The highest BCUT2D eigenvalue weighted by Gasteiger charge is 2.42. The van der Waals surface area contributed by atoms with E-state index in [1.54, 1.807) is 6.07 Å². The summed E-state index contributed by atoms with van der Waals surface area (Å²) >= 11 is 1.86. The molecule has 1 aliphatic carbocycles. The average molecular weight is 570 g/mol. The zero-order valence-electron chi connectivity index (χ0n) is 23.7. The van der Waals surface area contributed by atoms with Gasteiger partial charge in [-0.3, -0.25) is 0 Å². The molecule has 0 radical (unpaired) electrons. The van der Waals surface area contributed by atoms with Gasteiger partial charge in [-0.05, 0) is 102 Å². The number of hydrogen-bond donors (Lipinski definition) is 1. The van der Waals surface area contributed by atoms with Crippen LogP contribution in [0.4, 0.5) is 11.4 Å². The molecule has 2 atom stereocenters. The Hall–Kier alpha value is -4.47. The Labute approximate surface area is 249 Å². The molecule has 0 spiro atoms. The van der Waals surface area contributed by atoms with E-state index in [4.69, 9.17) is 0 Å². The first-order valence-electron chi connectivity index (χ1n) is 14.5. The van der Waals surface area contributed by atoms with E-state index in [0.29, 0.717) is 12.0 Å². The Kier molecular flexibility index (Phi) is 6.56. The van der Waals surface area contributed by atoms with Crippen molar-refractivity contribution in [3.05, 3.63) is 95.6 Å². The van der Waals surface area contributed by atoms with Crippen LogP contribution < -0.4 is 4.90 Å². The maximum atomic E-state index is 11.4. The van der Waals surface area contributed by atoms with Crippen LogP contribution in [-0.2, 0) is 11.8 Å². The van der Waals surface area contributed by atoms with Gasteiger partial charge in [-0.15, -0.1) is 11.8 Å². The van der Waals surface area contributed by atoms with E-state index >= 15 is 0 Å². The molecule has 1 N–H and O–H groups in total. The van der Waals surface area contributed by atoms with Crippen molar-refractivity contribution >= 4 is 57.0 Å². The van der Waals surface area contributed by atoms with Crippen LogP contribution in [0, 0.1) is 11.3 Å². The standard InChI is InChI=1S/C36H31N3O2S/c1-3-42-27-12-8-23(9-13-27)24-10-15-32-30(19-24)31-20-26(11-16-33(31)38(32)2)39-34-6-4-5-28(34)29-18-22(7-14-35(29)39)17-25(21-37)36(40)41/h7-20,28,34H,3-6H2,1-2H3,(H,40,41)/b25-17+. The van der Waals surface area contributed by atoms with E-state index in [1.807, 2.05) is 17.8 Å². The number of thioether (sulfide) groups is 1. The van der Waals surface area contributed by atoms with E-state index in [-0.39, 0.29) is 5.57 Å². The van der Waals surface area contributed by atoms with E-state index < -0.39 is 5.97 Å². The van der Waals surface area contributed by atoms with Crippen molar-refractivity contribution in [3.63, 3.8) is 0 Å². The van der Waals surface area contributed by atoms with E-state index in [9.17, 15) is 15.2 Å². The molecular weight excluding hydrogens is 538 g/mol. The molecule has 208 valence electrons. The van der Waals surface area contributed by atoms with Crippen LogP contribution >= 0.6 is 11.8 Å². The highest BCUT2D eigenvalue weighted by atomic mass is 32.2. The molecule has 2 unspecified atom stereocenters. The van der Waals surface area contributed by atoms with Crippen molar-refractivity contribution in [2.75, 3.05) is 10.7 Å². The van der Waals surface area contributed by atoms with Gasteiger partial charge < -0.3 is 14.6 Å². The van der Waals surface area contributed by atoms with E-state index in [1.165, 1.54) is 67.3 Å². The van der Waals surface area contributed by atoms with E-state index in [2.05, 4.69) is 96.2 Å². The zero-order chi connectivity index (χ0) is 29.0. The van der Waals surface area contributed by atoms with Crippen LogP contribution in [0.5, 0.6) is 0 Å². The van der Waals surface area contributed by atoms with Crippen LogP contribution in [-0.4, -0.2) is 27.4 Å². The first kappa shape index (κ1) is 26.4. The third-order valence-corrected chi connectivity index (χ3v) is 9.84. The fraction of sp³-hybridized carbons (Fsp3) is 0.222. The van der Waals surface area contributed by atoms with Crippen molar-refractivity contribution < 1.29 is 9.90 Å². The molecule has 1 aliphatic heterocycles. The molecule has 0 bridgehead atoms. The summed E-state index contributed by atoms with van der Waals surface area (Å²) in [4.78, 5) is 15.2. The normalized spacial score (nSPS) is 17.9. The summed E-state index contributed by atoms with van der Waals surface area (Å²) in [5, 5.41) is 21.1. The molecule has 1 fully saturated rings. The summed E-state index contributed by atoms with van der Waals surface area (Å²) in [7, 11) is 2.14. The van der Waals surface area contributed by atoms with Crippen molar-refractivity contribution in [3.8, 4) is 17.2 Å². The molecule has 5 aromatic rings. The SMILES string of the molecule is CCSc1ccc(-c2ccc3c(c2)c2cc(N4c5ccc(/C=C(\C#N)C(=O)O)cc5C5CCCC54)ccc2n3C)cc1. The molecule has 6 heteroatoms.